The molecule has 2 rings (SSSR count). The molecule has 0 amide bonds. The smallest absolute Gasteiger partial charge is 0.298 e. The van der Waals surface area contributed by atoms with Gasteiger partial charge in [0.2, 0.25) is 0 Å². The molecule has 0 N–H and O–H groups in total. The van der Waals surface area contributed by atoms with Gasteiger partial charge < -0.3 is 0 Å². The molecule has 0 radical (unpaired) electrons. The van der Waals surface area contributed by atoms with Crippen LogP contribution in [0.2, 0.25) is 0 Å². The van der Waals surface area contributed by atoms with Crippen LogP contribution in [0.25, 0.3) is 0 Å². The van der Waals surface area contributed by atoms with Crippen molar-refractivity contribution in [3.05, 3.63) is 58.9 Å². The van der Waals surface area contributed by atoms with Gasteiger partial charge >= 0.3 is 10.2 Å². The number of sulfone groups is 1. The van der Waals surface area contributed by atoms with Crippen molar-refractivity contribution < 1.29 is 37.0 Å². The Kier molecular flexibility index (Phi) is 6.39. The van der Waals surface area contributed by atoms with E-state index < -0.39 is 47.2 Å². The number of rotatable bonds is 8. The summed E-state index contributed by atoms with van der Waals surface area (Å²) in [6.45, 7) is 7.18. The highest BCUT2D eigenvalue weighted by Crippen LogP contribution is 3.02. The summed E-state index contributed by atoms with van der Waals surface area (Å²) < 4.78 is 103. The lowest BCUT2D eigenvalue weighted by molar-refractivity contribution is -0.116. The normalized spacial score (nSPS) is 15.0. The highest BCUT2D eigenvalue weighted by atomic mass is 32.5. The summed E-state index contributed by atoms with van der Waals surface area (Å²) in [5, 5.41) is 0. The molecule has 0 unspecified atom stereocenters. The molecule has 0 fully saturated rings. The van der Waals surface area contributed by atoms with E-state index in [0.29, 0.717) is 28.8 Å². The predicted molar refractivity (Wildman–Crippen MR) is 113 cm³/mol. The fourth-order valence-electron chi connectivity index (χ4n) is 3.36. The van der Waals surface area contributed by atoms with E-state index in [4.69, 9.17) is 0 Å². The van der Waals surface area contributed by atoms with Crippen molar-refractivity contribution in [2.24, 2.45) is 0 Å². The quantitative estimate of drug-likeness (QED) is 0.356. The summed E-state index contributed by atoms with van der Waals surface area (Å²) >= 11 is 0. The Morgan fingerprint density at radius 2 is 1.31 bits per heavy atom. The van der Waals surface area contributed by atoms with Gasteiger partial charge in [-0.1, -0.05) is 47.1 Å². The van der Waals surface area contributed by atoms with Gasteiger partial charge in [0.05, 0.1) is 4.90 Å². The minimum atomic E-state index is -9.94. The standard InChI is InChI=1S/C21H24F6O3S2/c1-13(2)19-9-15(22)10-20(14(3)4)21(19)11-16(28)12-31(29,30)17-5-7-18(8-6-17)32(23,24,25,26)27/h5-10,13-14H,11-12H2,1-4H3. The first-order valence-corrected chi connectivity index (χ1v) is 13.2. The SMILES string of the molecule is CC(C)c1cc(F)cc(C(C)C)c1CC(=O)CS(=O)(=O)c1ccc(S(F)(F)(F)(F)F)cc1. The van der Waals surface area contributed by atoms with E-state index in [0.717, 1.165) is 0 Å². The molecular weight excluding hydrogens is 478 g/mol. The van der Waals surface area contributed by atoms with Gasteiger partial charge in [-0.2, -0.15) is 0 Å². The van der Waals surface area contributed by atoms with E-state index in [9.17, 15) is 37.0 Å². The van der Waals surface area contributed by atoms with Crippen molar-refractivity contribution in [3.63, 3.8) is 0 Å². The molecule has 0 heterocycles. The van der Waals surface area contributed by atoms with Crippen molar-refractivity contribution in [1.82, 2.24) is 0 Å². The van der Waals surface area contributed by atoms with Crippen LogP contribution in [0.1, 0.15) is 56.2 Å². The Hall–Kier alpha value is -2.01. The minimum absolute atomic E-state index is 0.00732. The second-order valence-electron chi connectivity index (χ2n) is 8.29. The lowest BCUT2D eigenvalue weighted by Gasteiger charge is -2.40. The van der Waals surface area contributed by atoms with Gasteiger partial charge in [-0.3, -0.25) is 4.79 Å². The van der Waals surface area contributed by atoms with Crippen LogP contribution in [0.5, 0.6) is 0 Å². The Balaban J connectivity index is 2.35. The molecule has 32 heavy (non-hydrogen) atoms. The molecular formula is C21H24F6O3S2. The molecule has 0 bridgehead atoms. The highest BCUT2D eigenvalue weighted by Gasteiger charge is 2.65. The zero-order valence-electron chi connectivity index (χ0n) is 17.8. The lowest BCUT2D eigenvalue weighted by atomic mass is 9.86. The monoisotopic (exact) mass is 502 g/mol. The average Bonchev–Trinajstić information content (AvgIpc) is 2.60. The third-order valence-corrected chi connectivity index (χ3v) is 7.74. The molecule has 11 heteroatoms. The van der Waals surface area contributed by atoms with Crippen LogP contribution in [0.15, 0.2) is 46.2 Å². The van der Waals surface area contributed by atoms with Crippen LogP contribution < -0.4 is 0 Å². The number of ketones is 1. The van der Waals surface area contributed by atoms with Gasteiger partial charge in [-0.05, 0) is 64.9 Å². The Bertz CT molecular complexity index is 1110. The van der Waals surface area contributed by atoms with Crippen molar-refractivity contribution in [2.45, 2.75) is 55.7 Å². The summed E-state index contributed by atoms with van der Waals surface area (Å²) in [7, 11) is -14.3. The number of hydrogen-bond acceptors (Lipinski definition) is 3. The number of hydrogen-bond donors (Lipinski definition) is 0. The summed E-state index contributed by atoms with van der Waals surface area (Å²) in [6, 6.07) is 3.37. The van der Waals surface area contributed by atoms with E-state index >= 15 is 0 Å². The predicted octanol–water partition coefficient (Wildman–Crippen LogP) is 7.32. The molecule has 0 saturated heterocycles. The van der Waals surface area contributed by atoms with Gasteiger partial charge in [-0.25, -0.2) is 12.8 Å². The summed E-state index contributed by atoms with van der Waals surface area (Å²) in [4.78, 5) is 9.70. The van der Waals surface area contributed by atoms with E-state index in [1.165, 1.54) is 12.1 Å². The first kappa shape index (κ1) is 26.2. The molecule has 2 aromatic carbocycles. The average molecular weight is 503 g/mol. The van der Waals surface area contributed by atoms with Gasteiger partial charge in [0.15, 0.2) is 15.6 Å². The third-order valence-electron chi connectivity index (χ3n) is 4.88. The van der Waals surface area contributed by atoms with Crippen LogP contribution in [0.4, 0.5) is 23.8 Å². The number of halogens is 6. The second kappa shape index (κ2) is 7.79. The van der Waals surface area contributed by atoms with Crippen LogP contribution in [-0.4, -0.2) is 20.0 Å². The van der Waals surface area contributed by atoms with Crippen LogP contribution in [-0.2, 0) is 21.1 Å². The molecule has 0 aliphatic carbocycles. The van der Waals surface area contributed by atoms with Crippen LogP contribution in [0, 0.1) is 5.82 Å². The van der Waals surface area contributed by atoms with Crippen molar-refractivity contribution >= 4 is 25.8 Å². The molecule has 180 valence electrons. The van der Waals surface area contributed by atoms with E-state index in [1.54, 1.807) is 27.7 Å². The zero-order valence-corrected chi connectivity index (χ0v) is 19.5. The first-order valence-electron chi connectivity index (χ1n) is 9.62. The largest absolute Gasteiger partial charge is 0.310 e. The molecule has 0 aliphatic heterocycles. The number of Topliss-reactive ketones (excluding diaryl/α,β-unsaturated/α-hetero) is 1. The Labute approximate surface area is 183 Å². The van der Waals surface area contributed by atoms with Gasteiger partial charge in [0.1, 0.15) is 16.5 Å². The van der Waals surface area contributed by atoms with Crippen molar-refractivity contribution in [2.75, 3.05) is 5.75 Å². The molecule has 0 atom stereocenters. The van der Waals surface area contributed by atoms with E-state index in [2.05, 4.69) is 0 Å². The first-order chi connectivity index (χ1) is 14.2. The van der Waals surface area contributed by atoms with Gasteiger partial charge in [-0.15, -0.1) is 0 Å². The third kappa shape index (κ3) is 6.28. The fourth-order valence-corrected chi connectivity index (χ4v) is 5.26. The summed E-state index contributed by atoms with van der Waals surface area (Å²) in [5.41, 5.74) is 1.62. The maximum absolute atomic E-state index is 14.0. The van der Waals surface area contributed by atoms with E-state index in [-0.39, 0.29) is 30.4 Å². The number of carbonyl (C=O) groups is 1. The summed E-state index contributed by atoms with van der Waals surface area (Å²) in [5.74, 6) is -2.57. The molecule has 0 spiro atoms. The summed E-state index contributed by atoms with van der Waals surface area (Å²) in [6.07, 6.45) is -0.315. The molecule has 2 aromatic rings. The van der Waals surface area contributed by atoms with Gasteiger partial charge in [0.25, 0.3) is 0 Å². The lowest BCUT2D eigenvalue weighted by Crippen LogP contribution is -2.20. The maximum Gasteiger partial charge on any atom is 0.310 e. The molecule has 0 saturated carbocycles. The number of carbonyl (C=O) groups excluding carboxylic acids is 1. The number of benzene rings is 2. The van der Waals surface area contributed by atoms with Crippen LogP contribution in [0.3, 0.4) is 0 Å². The fraction of sp³-hybridized carbons (Fsp3) is 0.381. The Morgan fingerprint density at radius 3 is 1.69 bits per heavy atom. The minimum Gasteiger partial charge on any atom is -0.298 e. The second-order valence-corrected chi connectivity index (χ2v) is 12.7. The van der Waals surface area contributed by atoms with Crippen molar-refractivity contribution in [1.29, 1.82) is 0 Å². The molecule has 0 aliphatic rings. The zero-order chi connectivity index (χ0) is 24.8. The van der Waals surface area contributed by atoms with E-state index in [1.807, 2.05) is 0 Å². The molecule has 3 nitrogen and oxygen atoms in total. The van der Waals surface area contributed by atoms with Crippen LogP contribution >= 0.6 is 10.2 Å². The molecule has 0 aromatic heterocycles. The highest BCUT2D eigenvalue weighted by molar-refractivity contribution is 8.45. The van der Waals surface area contributed by atoms with Crippen molar-refractivity contribution in [3.8, 4) is 0 Å². The Morgan fingerprint density at radius 1 is 0.875 bits per heavy atom. The maximum atomic E-state index is 14.0. The van der Waals surface area contributed by atoms with Gasteiger partial charge in [0, 0.05) is 6.42 Å². The topological polar surface area (TPSA) is 51.2 Å².